The zero-order chi connectivity index (χ0) is 38.2. The summed E-state index contributed by atoms with van der Waals surface area (Å²) >= 11 is 0. The summed E-state index contributed by atoms with van der Waals surface area (Å²) in [6.45, 7) is 0. The molecule has 9 aromatic carbocycles. The lowest BCUT2D eigenvalue weighted by molar-refractivity contribution is 0.669. The van der Waals surface area contributed by atoms with Crippen LogP contribution in [-0.4, -0.2) is 19.5 Å². The molecule has 0 bridgehead atoms. The zero-order valence-corrected chi connectivity index (χ0v) is 31.2. The van der Waals surface area contributed by atoms with E-state index in [1.54, 1.807) is 0 Å². The molecule has 0 saturated carbocycles. The first-order valence-corrected chi connectivity index (χ1v) is 19.5. The lowest BCUT2D eigenvalue weighted by Crippen LogP contribution is -2.01. The average molecular weight is 741 g/mol. The maximum atomic E-state index is 6.52. The van der Waals surface area contributed by atoms with E-state index in [2.05, 4.69) is 174 Å². The third-order valence-corrected chi connectivity index (χ3v) is 11.5. The fraction of sp³-hybridized carbons (Fsp3) is 0. The molecule has 0 atom stereocenters. The van der Waals surface area contributed by atoms with Gasteiger partial charge in [0.2, 0.25) is 0 Å². The van der Waals surface area contributed by atoms with Crippen LogP contribution >= 0.6 is 0 Å². The van der Waals surface area contributed by atoms with Gasteiger partial charge in [-0.1, -0.05) is 158 Å². The van der Waals surface area contributed by atoms with Crippen molar-refractivity contribution in [2.75, 3.05) is 0 Å². The summed E-state index contributed by atoms with van der Waals surface area (Å²) in [7, 11) is 0. The molecule has 5 nitrogen and oxygen atoms in total. The van der Waals surface area contributed by atoms with Gasteiger partial charge in [0.15, 0.2) is 17.5 Å². The molecule has 0 aliphatic carbocycles. The fourth-order valence-electron chi connectivity index (χ4n) is 8.83. The van der Waals surface area contributed by atoms with E-state index in [-0.39, 0.29) is 0 Å². The first-order valence-electron chi connectivity index (χ1n) is 19.5. The van der Waals surface area contributed by atoms with Gasteiger partial charge in [-0.3, -0.25) is 0 Å². The van der Waals surface area contributed by atoms with Gasteiger partial charge in [0.1, 0.15) is 11.2 Å². The van der Waals surface area contributed by atoms with Gasteiger partial charge in [-0.05, 0) is 63.7 Å². The highest BCUT2D eigenvalue weighted by Crippen LogP contribution is 2.41. The standard InChI is InChI=1S/C53H32N4O/c1-2-15-37(16-3-1)57-45-24-8-6-19-42(45)49-39(20-12-25-46(49)57)34-28-31-36(32-29-34)51-54-52(43-22-10-14-35-30-27-33-13-4-5-17-38(33)48(35)43)56-53(55-51)44-23-11-21-41-40-18-7-9-26-47(40)58-50(41)44/h1-32H. The van der Waals surface area contributed by atoms with E-state index < -0.39 is 0 Å². The summed E-state index contributed by atoms with van der Waals surface area (Å²) in [5.74, 6) is 1.76. The third kappa shape index (κ3) is 5.00. The monoisotopic (exact) mass is 740 g/mol. The number of rotatable bonds is 5. The highest BCUT2D eigenvalue weighted by atomic mass is 16.3. The van der Waals surface area contributed by atoms with Crippen LogP contribution in [0.4, 0.5) is 0 Å². The minimum Gasteiger partial charge on any atom is -0.455 e. The molecule has 0 N–H and O–H groups in total. The van der Waals surface area contributed by atoms with Gasteiger partial charge in [0, 0.05) is 43.7 Å². The van der Waals surface area contributed by atoms with Crippen molar-refractivity contribution < 1.29 is 4.42 Å². The molecule has 270 valence electrons. The molecule has 58 heavy (non-hydrogen) atoms. The first kappa shape index (κ1) is 32.4. The Hall–Kier alpha value is -7.89. The fourth-order valence-corrected chi connectivity index (χ4v) is 8.83. The molecule has 0 unspecified atom stereocenters. The Morgan fingerprint density at radius 3 is 1.81 bits per heavy atom. The zero-order valence-electron chi connectivity index (χ0n) is 31.2. The Balaban J connectivity index is 1.06. The normalized spacial score (nSPS) is 11.8. The van der Waals surface area contributed by atoms with E-state index in [1.165, 1.54) is 32.8 Å². The third-order valence-electron chi connectivity index (χ3n) is 11.5. The van der Waals surface area contributed by atoms with Crippen LogP contribution in [0.1, 0.15) is 0 Å². The quantitative estimate of drug-likeness (QED) is 0.165. The minimum atomic E-state index is 0.560. The van der Waals surface area contributed by atoms with E-state index in [0.29, 0.717) is 17.5 Å². The number of aromatic nitrogens is 4. The topological polar surface area (TPSA) is 56.7 Å². The summed E-state index contributed by atoms with van der Waals surface area (Å²) in [5, 5.41) is 9.10. The SMILES string of the molecule is c1ccc(-n2c3ccccc3c3c(-c4ccc(-c5nc(-c6cccc7c6oc6ccccc67)nc(-c6cccc7ccc8ccccc8c67)n5)cc4)cccc32)cc1. The molecule has 0 spiro atoms. The number of hydrogen-bond donors (Lipinski definition) is 0. The summed E-state index contributed by atoms with van der Waals surface area (Å²) < 4.78 is 8.87. The van der Waals surface area contributed by atoms with E-state index in [4.69, 9.17) is 19.4 Å². The van der Waals surface area contributed by atoms with E-state index in [0.717, 1.165) is 66.0 Å². The van der Waals surface area contributed by atoms with Crippen molar-refractivity contribution in [3.63, 3.8) is 0 Å². The van der Waals surface area contributed by atoms with Gasteiger partial charge in [-0.15, -0.1) is 0 Å². The molecule has 3 heterocycles. The Morgan fingerprint density at radius 1 is 0.345 bits per heavy atom. The molecular formula is C53H32N4O. The second-order valence-corrected chi connectivity index (χ2v) is 14.7. The first-order chi connectivity index (χ1) is 28.8. The van der Waals surface area contributed by atoms with Crippen LogP contribution in [0.2, 0.25) is 0 Å². The second-order valence-electron chi connectivity index (χ2n) is 14.7. The Bertz CT molecular complexity index is 3560. The minimum absolute atomic E-state index is 0.560. The van der Waals surface area contributed by atoms with Crippen molar-refractivity contribution in [1.82, 2.24) is 19.5 Å². The van der Waals surface area contributed by atoms with Crippen molar-refractivity contribution in [1.29, 1.82) is 0 Å². The number of para-hydroxylation sites is 4. The predicted octanol–water partition coefficient (Wildman–Crippen LogP) is 13.8. The van der Waals surface area contributed by atoms with Crippen molar-refractivity contribution in [3.05, 3.63) is 194 Å². The van der Waals surface area contributed by atoms with Crippen LogP contribution < -0.4 is 0 Å². The van der Waals surface area contributed by atoms with Gasteiger partial charge in [-0.25, -0.2) is 15.0 Å². The van der Waals surface area contributed by atoms with Crippen LogP contribution in [-0.2, 0) is 0 Å². The highest BCUT2D eigenvalue weighted by molar-refractivity contribution is 6.16. The van der Waals surface area contributed by atoms with Crippen molar-refractivity contribution >= 4 is 65.3 Å². The molecule has 0 fully saturated rings. The predicted molar refractivity (Wildman–Crippen MR) is 238 cm³/mol. The number of nitrogens with zero attached hydrogens (tertiary/aromatic N) is 4. The lowest BCUT2D eigenvalue weighted by Gasteiger charge is -2.12. The number of fused-ring (bicyclic) bond motifs is 9. The Kier molecular flexibility index (Phi) is 7.16. The van der Waals surface area contributed by atoms with Crippen LogP contribution in [0.15, 0.2) is 199 Å². The summed E-state index contributed by atoms with van der Waals surface area (Å²) in [6.07, 6.45) is 0. The molecule has 0 aliphatic heterocycles. The number of benzene rings is 9. The maximum Gasteiger partial charge on any atom is 0.167 e. The molecule has 3 aromatic heterocycles. The Morgan fingerprint density at radius 2 is 0.931 bits per heavy atom. The molecule has 0 saturated heterocycles. The van der Waals surface area contributed by atoms with Crippen molar-refractivity contribution in [3.8, 4) is 51.0 Å². The van der Waals surface area contributed by atoms with Crippen molar-refractivity contribution in [2.24, 2.45) is 0 Å². The molecule has 5 heteroatoms. The molecule has 0 radical (unpaired) electrons. The van der Waals surface area contributed by atoms with Gasteiger partial charge in [-0.2, -0.15) is 0 Å². The highest BCUT2D eigenvalue weighted by Gasteiger charge is 2.20. The van der Waals surface area contributed by atoms with Gasteiger partial charge < -0.3 is 8.98 Å². The molecule has 12 rings (SSSR count). The van der Waals surface area contributed by atoms with Gasteiger partial charge >= 0.3 is 0 Å². The average Bonchev–Trinajstić information content (AvgIpc) is 3.85. The lowest BCUT2D eigenvalue weighted by atomic mass is 9.97. The molecule has 12 aromatic rings. The second kappa shape index (κ2) is 12.8. The number of hydrogen-bond acceptors (Lipinski definition) is 4. The Labute approximate surface area is 333 Å². The largest absolute Gasteiger partial charge is 0.455 e. The smallest absolute Gasteiger partial charge is 0.167 e. The number of furan rings is 1. The maximum absolute atomic E-state index is 6.52. The van der Waals surface area contributed by atoms with Crippen LogP contribution in [0.3, 0.4) is 0 Å². The van der Waals surface area contributed by atoms with Crippen LogP contribution in [0, 0.1) is 0 Å². The van der Waals surface area contributed by atoms with E-state index in [9.17, 15) is 0 Å². The summed E-state index contributed by atoms with van der Waals surface area (Å²) in [5.41, 5.74) is 10.0. The van der Waals surface area contributed by atoms with Gasteiger partial charge in [0.25, 0.3) is 0 Å². The summed E-state index contributed by atoms with van der Waals surface area (Å²) in [6, 6.07) is 68.0. The molecular weight excluding hydrogens is 709 g/mol. The van der Waals surface area contributed by atoms with Crippen molar-refractivity contribution in [2.45, 2.75) is 0 Å². The molecule has 0 aliphatic rings. The van der Waals surface area contributed by atoms with Gasteiger partial charge in [0.05, 0.1) is 16.6 Å². The summed E-state index contributed by atoms with van der Waals surface area (Å²) in [4.78, 5) is 15.7. The van der Waals surface area contributed by atoms with Crippen LogP contribution in [0.5, 0.6) is 0 Å². The van der Waals surface area contributed by atoms with E-state index >= 15 is 0 Å². The van der Waals surface area contributed by atoms with E-state index in [1.807, 2.05) is 24.3 Å². The molecule has 0 amide bonds. The van der Waals surface area contributed by atoms with Crippen LogP contribution in [0.25, 0.3) is 116 Å².